The van der Waals surface area contributed by atoms with Gasteiger partial charge in [-0.05, 0) is 25.7 Å². The first-order valence-corrected chi connectivity index (χ1v) is 6.75. The molecule has 0 bridgehead atoms. The maximum atomic E-state index is 10.7. The van der Waals surface area contributed by atoms with Crippen LogP contribution in [-0.4, -0.2) is 36.0 Å². The van der Waals surface area contributed by atoms with Gasteiger partial charge in [0, 0.05) is 0 Å². The van der Waals surface area contributed by atoms with E-state index in [1.165, 1.54) is 25.7 Å². The number of rotatable bonds is 4. The van der Waals surface area contributed by atoms with Crippen LogP contribution < -0.4 is 0 Å². The molecule has 0 aromatic heterocycles. The second-order valence-electron chi connectivity index (χ2n) is 5.11. The SMILES string of the molecule is O=C(O)C1CCC(COC2CCCCCC2)O1. The second-order valence-corrected chi connectivity index (χ2v) is 5.11. The van der Waals surface area contributed by atoms with E-state index in [-0.39, 0.29) is 6.10 Å². The molecule has 2 fully saturated rings. The van der Waals surface area contributed by atoms with Gasteiger partial charge in [-0.25, -0.2) is 4.79 Å². The van der Waals surface area contributed by atoms with E-state index in [4.69, 9.17) is 14.6 Å². The minimum absolute atomic E-state index is 0.0145. The van der Waals surface area contributed by atoms with E-state index in [1.807, 2.05) is 0 Å². The molecule has 2 unspecified atom stereocenters. The lowest BCUT2D eigenvalue weighted by molar-refractivity contribution is -0.151. The highest BCUT2D eigenvalue weighted by molar-refractivity contribution is 5.72. The Morgan fingerprint density at radius 3 is 2.41 bits per heavy atom. The number of carbonyl (C=O) groups is 1. The van der Waals surface area contributed by atoms with Crippen molar-refractivity contribution in [2.24, 2.45) is 0 Å². The number of carboxylic acids is 1. The summed E-state index contributed by atoms with van der Waals surface area (Å²) < 4.78 is 11.3. The molecular formula is C13H22O4. The van der Waals surface area contributed by atoms with Crippen LogP contribution >= 0.6 is 0 Å². The maximum Gasteiger partial charge on any atom is 0.332 e. The smallest absolute Gasteiger partial charge is 0.332 e. The maximum absolute atomic E-state index is 10.7. The fraction of sp³-hybridized carbons (Fsp3) is 0.923. The van der Waals surface area contributed by atoms with Crippen LogP contribution in [0.15, 0.2) is 0 Å². The van der Waals surface area contributed by atoms with Crippen LogP contribution in [0, 0.1) is 0 Å². The molecule has 1 saturated carbocycles. The molecule has 0 aromatic carbocycles. The predicted octanol–water partition coefficient (Wildman–Crippen LogP) is 2.36. The van der Waals surface area contributed by atoms with Crippen molar-refractivity contribution in [3.05, 3.63) is 0 Å². The molecule has 4 nitrogen and oxygen atoms in total. The summed E-state index contributed by atoms with van der Waals surface area (Å²) in [7, 11) is 0. The zero-order chi connectivity index (χ0) is 12.1. The lowest BCUT2D eigenvalue weighted by Gasteiger charge is -2.18. The quantitative estimate of drug-likeness (QED) is 0.769. The van der Waals surface area contributed by atoms with Crippen LogP contribution in [0.5, 0.6) is 0 Å². The van der Waals surface area contributed by atoms with E-state index in [0.717, 1.165) is 19.3 Å². The summed E-state index contributed by atoms with van der Waals surface area (Å²) >= 11 is 0. The summed E-state index contributed by atoms with van der Waals surface area (Å²) in [4.78, 5) is 10.7. The molecule has 98 valence electrons. The lowest BCUT2D eigenvalue weighted by atomic mass is 10.1. The number of ether oxygens (including phenoxy) is 2. The highest BCUT2D eigenvalue weighted by Gasteiger charge is 2.30. The van der Waals surface area contributed by atoms with Crippen LogP contribution in [0.3, 0.4) is 0 Å². The summed E-state index contributed by atoms with van der Waals surface area (Å²) in [5, 5.41) is 8.82. The summed E-state index contributed by atoms with van der Waals surface area (Å²) in [6, 6.07) is 0. The highest BCUT2D eigenvalue weighted by Crippen LogP contribution is 2.23. The zero-order valence-electron chi connectivity index (χ0n) is 10.3. The molecule has 2 atom stereocenters. The Balaban J connectivity index is 1.66. The van der Waals surface area contributed by atoms with Gasteiger partial charge in [-0.15, -0.1) is 0 Å². The first-order valence-electron chi connectivity index (χ1n) is 6.75. The third-order valence-corrected chi connectivity index (χ3v) is 3.70. The number of aliphatic carboxylic acids is 1. The monoisotopic (exact) mass is 242 g/mol. The van der Waals surface area contributed by atoms with Crippen molar-refractivity contribution in [3.63, 3.8) is 0 Å². The Morgan fingerprint density at radius 2 is 1.82 bits per heavy atom. The summed E-state index contributed by atoms with van der Waals surface area (Å²) in [5.41, 5.74) is 0. The van der Waals surface area contributed by atoms with Crippen molar-refractivity contribution in [3.8, 4) is 0 Å². The third-order valence-electron chi connectivity index (χ3n) is 3.70. The summed E-state index contributed by atoms with van der Waals surface area (Å²) in [6.07, 6.45) is 8.62. The zero-order valence-corrected chi connectivity index (χ0v) is 10.3. The average molecular weight is 242 g/mol. The summed E-state index contributed by atoms with van der Waals surface area (Å²) in [5.74, 6) is -0.845. The van der Waals surface area contributed by atoms with Crippen molar-refractivity contribution in [2.75, 3.05) is 6.61 Å². The van der Waals surface area contributed by atoms with Gasteiger partial charge in [0.15, 0.2) is 6.10 Å². The van der Waals surface area contributed by atoms with E-state index >= 15 is 0 Å². The number of hydrogen-bond acceptors (Lipinski definition) is 3. The van der Waals surface area contributed by atoms with E-state index in [9.17, 15) is 4.79 Å². The topological polar surface area (TPSA) is 55.8 Å². The predicted molar refractivity (Wildman–Crippen MR) is 63.0 cm³/mol. The van der Waals surface area contributed by atoms with Gasteiger partial charge in [0.2, 0.25) is 0 Å². The van der Waals surface area contributed by atoms with Crippen molar-refractivity contribution >= 4 is 5.97 Å². The molecular weight excluding hydrogens is 220 g/mol. The van der Waals surface area contributed by atoms with Gasteiger partial charge >= 0.3 is 5.97 Å². The minimum Gasteiger partial charge on any atom is -0.479 e. The largest absolute Gasteiger partial charge is 0.479 e. The molecule has 0 spiro atoms. The van der Waals surface area contributed by atoms with Crippen LogP contribution in [-0.2, 0) is 14.3 Å². The normalized spacial score (nSPS) is 31.3. The van der Waals surface area contributed by atoms with Gasteiger partial charge in [0.25, 0.3) is 0 Å². The van der Waals surface area contributed by atoms with Crippen LogP contribution in [0.1, 0.15) is 51.4 Å². The molecule has 17 heavy (non-hydrogen) atoms. The molecule has 1 aliphatic heterocycles. The number of carboxylic acid groups (broad SMARTS) is 1. The van der Waals surface area contributed by atoms with Crippen molar-refractivity contribution in [1.82, 2.24) is 0 Å². The number of hydrogen-bond donors (Lipinski definition) is 1. The van der Waals surface area contributed by atoms with Gasteiger partial charge in [0.05, 0.1) is 18.8 Å². The van der Waals surface area contributed by atoms with Gasteiger partial charge < -0.3 is 14.6 Å². The van der Waals surface area contributed by atoms with Crippen LogP contribution in [0.25, 0.3) is 0 Å². The highest BCUT2D eigenvalue weighted by atomic mass is 16.6. The Kier molecular flexibility index (Phi) is 4.80. The van der Waals surface area contributed by atoms with Gasteiger partial charge in [0.1, 0.15) is 0 Å². The molecule has 0 amide bonds. The standard InChI is InChI=1S/C13H22O4/c14-13(15)12-8-7-11(17-12)9-16-10-5-3-1-2-4-6-10/h10-12H,1-9H2,(H,14,15). The molecule has 1 N–H and O–H groups in total. The van der Waals surface area contributed by atoms with Crippen molar-refractivity contribution in [2.45, 2.75) is 69.7 Å². The molecule has 0 radical (unpaired) electrons. The van der Waals surface area contributed by atoms with Gasteiger partial charge in [-0.1, -0.05) is 25.7 Å². The molecule has 1 heterocycles. The lowest BCUT2D eigenvalue weighted by Crippen LogP contribution is -2.25. The van der Waals surface area contributed by atoms with Crippen molar-refractivity contribution in [1.29, 1.82) is 0 Å². The van der Waals surface area contributed by atoms with Gasteiger partial charge in [-0.2, -0.15) is 0 Å². The van der Waals surface area contributed by atoms with E-state index in [1.54, 1.807) is 0 Å². The van der Waals surface area contributed by atoms with E-state index < -0.39 is 12.1 Å². The molecule has 2 rings (SSSR count). The Hall–Kier alpha value is -0.610. The van der Waals surface area contributed by atoms with Crippen LogP contribution in [0.4, 0.5) is 0 Å². The van der Waals surface area contributed by atoms with Crippen LogP contribution in [0.2, 0.25) is 0 Å². The average Bonchev–Trinajstić information content (AvgIpc) is 2.63. The Bertz CT molecular complexity index is 246. The Morgan fingerprint density at radius 1 is 1.12 bits per heavy atom. The second kappa shape index (κ2) is 6.36. The molecule has 4 heteroatoms. The molecule has 1 saturated heterocycles. The third kappa shape index (κ3) is 3.96. The van der Waals surface area contributed by atoms with Gasteiger partial charge in [-0.3, -0.25) is 0 Å². The summed E-state index contributed by atoms with van der Waals surface area (Å²) in [6.45, 7) is 0.564. The fourth-order valence-corrected chi connectivity index (χ4v) is 2.66. The molecule has 2 aliphatic rings. The Labute approximate surface area is 102 Å². The van der Waals surface area contributed by atoms with E-state index in [0.29, 0.717) is 19.1 Å². The fourth-order valence-electron chi connectivity index (χ4n) is 2.66. The first-order chi connectivity index (χ1) is 8.25. The van der Waals surface area contributed by atoms with Crippen molar-refractivity contribution < 1.29 is 19.4 Å². The molecule has 1 aliphatic carbocycles. The molecule has 0 aromatic rings. The first kappa shape index (κ1) is 12.8. The van der Waals surface area contributed by atoms with E-state index in [2.05, 4.69) is 0 Å². The minimum atomic E-state index is -0.845.